The predicted octanol–water partition coefficient (Wildman–Crippen LogP) is -1.68. The normalized spacial score (nSPS) is 12.9. The van der Waals surface area contributed by atoms with Crippen molar-refractivity contribution in [2.45, 2.75) is 19.3 Å². The third-order valence-corrected chi connectivity index (χ3v) is 4.12. The second-order valence-corrected chi connectivity index (χ2v) is 7.09. The van der Waals surface area contributed by atoms with Crippen LogP contribution in [0, 0.1) is 0 Å². The molecule has 0 aliphatic carbocycles. The van der Waals surface area contributed by atoms with E-state index in [-0.39, 0.29) is 24.5 Å². The van der Waals surface area contributed by atoms with Crippen LogP contribution in [-0.2, 0) is 20.0 Å². The van der Waals surface area contributed by atoms with Crippen molar-refractivity contribution < 1.29 is 16.8 Å². The van der Waals surface area contributed by atoms with Gasteiger partial charge in [-0.3, -0.25) is 0 Å². The molecule has 0 amide bonds. The van der Waals surface area contributed by atoms with Crippen LogP contribution in [0.4, 0.5) is 0 Å². The highest BCUT2D eigenvalue weighted by Crippen LogP contribution is 1.94. The van der Waals surface area contributed by atoms with E-state index >= 15 is 0 Å². The second kappa shape index (κ2) is 7.17. The Morgan fingerprint density at radius 1 is 0.938 bits per heavy atom. The first-order chi connectivity index (χ1) is 7.27. The summed E-state index contributed by atoms with van der Waals surface area (Å²) in [4.78, 5) is 0. The van der Waals surface area contributed by atoms with Crippen LogP contribution in [0.5, 0.6) is 0 Å². The smallest absolute Gasteiger partial charge is 0.211 e. The van der Waals surface area contributed by atoms with Crippen LogP contribution in [0.2, 0.25) is 0 Å². The number of nitrogens with two attached hydrogens (primary N) is 2. The first-order valence-corrected chi connectivity index (χ1v) is 8.31. The third-order valence-electron chi connectivity index (χ3n) is 1.79. The molecule has 0 heterocycles. The highest BCUT2D eigenvalue weighted by atomic mass is 32.2. The van der Waals surface area contributed by atoms with E-state index in [2.05, 4.69) is 4.72 Å². The molecule has 0 spiro atoms. The van der Waals surface area contributed by atoms with Gasteiger partial charge in [-0.15, -0.1) is 0 Å². The molecule has 0 aliphatic rings. The molecule has 0 aliphatic heterocycles. The molecule has 0 radical (unpaired) electrons. The maximum atomic E-state index is 11.3. The van der Waals surface area contributed by atoms with E-state index in [1.165, 1.54) is 0 Å². The molecule has 0 unspecified atom stereocenters. The second-order valence-electron chi connectivity index (χ2n) is 3.43. The minimum absolute atomic E-state index is 0.0135. The van der Waals surface area contributed by atoms with E-state index in [0.29, 0.717) is 19.4 Å². The Morgan fingerprint density at radius 2 is 1.56 bits per heavy atom. The highest BCUT2D eigenvalue weighted by Gasteiger charge is 2.09. The summed E-state index contributed by atoms with van der Waals surface area (Å²) < 4.78 is 46.0. The summed E-state index contributed by atoms with van der Waals surface area (Å²) in [6.45, 7) is 0.544. The summed E-state index contributed by atoms with van der Waals surface area (Å²) in [5.74, 6) is -0.210. The lowest BCUT2D eigenvalue weighted by Gasteiger charge is -2.05. The Bertz CT molecular complexity index is 376. The van der Waals surface area contributed by atoms with Gasteiger partial charge in [0.25, 0.3) is 0 Å². The van der Waals surface area contributed by atoms with E-state index in [0.717, 1.165) is 0 Å². The van der Waals surface area contributed by atoms with Gasteiger partial charge in [-0.2, -0.15) is 0 Å². The monoisotopic (exact) mass is 273 g/mol. The van der Waals surface area contributed by atoms with Gasteiger partial charge in [0.2, 0.25) is 20.0 Å². The predicted molar refractivity (Wildman–Crippen MR) is 62.7 cm³/mol. The van der Waals surface area contributed by atoms with Gasteiger partial charge in [0.05, 0.1) is 11.5 Å². The highest BCUT2D eigenvalue weighted by molar-refractivity contribution is 7.89. The minimum atomic E-state index is -3.51. The molecule has 9 heteroatoms. The van der Waals surface area contributed by atoms with Gasteiger partial charge in [-0.25, -0.2) is 26.7 Å². The molecule has 0 fully saturated rings. The van der Waals surface area contributed by atoms with Crippen LogP contribution >= 0.6 is 0 Å². The van der Waals surface area contributed by atoms with Crippen molar-refractivity contribution in [3.8, 4) is 0 Å². The van der Waals surface area contributed by atoms with Crippen molar-refractivity contribution in [1.82, 2.24) is 4.72 Å². The first-order valence-electron chi connectivity index (χ1n) is 4.95. The van der Waals surface area contributed by atoms with Gasteiger partial charge >= 0.3 is 0 Å². The minimum Gasteiger partial charge on any atom is -0.330 e. The van der Waals surface area contributed by atoms with E-state index in [9.17, 15) is 16.8 Å². The Balaban J connectivity index is 3.75. The van der Waals surface area contributed by atoms with E-state index in [1.54, 1.807) is 0 Å². The Kier molecular flexibility index (Phi) is 7.07. The van der Waals surface area contributed by atoms with Gasteiger partial charge in [-0.1, -0.05) is 0 Å². The van der Waals surface area contributed by atoms with E-state index < -0.39 is 20.0 Å². The van der Waals surface area contributed by atoms with Gasteiger partial charge in [0.1, 0.15) is 0 Å². The summed E-state index contributed by atoms with van der Waals surface area (Å²) in [5, 5.41) is 4.76. The standard InChI is InChI=1S/C7H19N3O4S2/c8-4-1-2-7-16(13,14)10-5-3-6-15(9,11)12/h10H,1-8H2,(H2,9,11,12). The Hall–Kier alpha value is -0.220. The number of unbranched alkanes of at least 4 members (excludes halogenated alkanes) is 1. The summed E-state index contributed by atoms with van der Waals surface area (Å²) in [6, 6.07) is 0. The number of nitrogens with one attached hydrogen (secondary N) is 1. The van der Waals surface area contributed by atoms with Crippen molar-refractivity contribution in [3.63, 3.8) is 0 Å². The quantitative estimate of drug-likeness (QED) is 0.432. The van der Waals surface area contributed by atoms with Crippen molar-refractivity contribution in [2.24, 2.45) is 10.9 Å². The number of hydrogen-bond acceptors (Lipinski definition) is 5. The van der Waals surface area contributed by atoms with Gasteiger partial charge < -0.3 is 5.73 Å². The van der Waals surface area contributed by atoms with Crippen molar-refractivity contribution in [1.29, 1.82) is 0 Å². The summed E-state index contributed by atoms with van der Waals surface area (Å²) in [6.07, 6.45) is 1.33. The van der Waals surface area contributed by atoms with Crippen molar-refractivity contribution >= 4 is 20.0 Å². The average molecular weight is 273 g/mol. The molecular weight excluding hydrogens is 254 g/mol. The fourth-order valence-corrected chi connectivity index (χ4v) is 2.74. The zero-order chi connectivity index (χ0) is 12.7. The van der Waals surface area contributed by atoms with Gasteiger partial charge in [-0.05, 0) is 25.8 Å². The summed E-state index contributed by atoms with van der Waals surface area (Å²) in [5.41, 5.74) is 5.23. The van der Waals surface area contributed by atoms with Crippen LogP contribution in [0.1, 0.15) is 19.3 Å². The van der Waals surface area contributed by atoms with Crippen LogP contribution in [0.3, 0.4) is 0 Å². The molecule has 0 saturated heterocycles. The zero-order valence-corrected chi connectivity index (χ0v) is 10.7. The molecule has 0 aromatic carbocycles. The molecule has 0 atom stereocenters. The number of hydrogen-bond donors (Lipinski definition) is 3. The number of primary sulfonamides is 1. The van der Waals surface area contributed by atoms with Crippen LogP contribution in [-0.4, -0.2) is 41.4 Å². The molecule has 0 bridgehead atoms. The molecule has 16 heavy (non-hydrogen) atoms. The fraction of sp³-hybridized carbons (Fsp3) is 1.00. The average Bonchev–Trinajstić information content (AvgIpc) is 2.11. The lowest BCUT2D eigenvalue weighted by atomic mass is 10.3. The molecule has 0 aromatic heterocycles. The maximum Gasteiger partial charge on any atom is 0.211 e. The molecular formula is C7H19N3O4S2. The molecule has 0 aromatic rings. The number of rotatable bonds is 9. The van der Waals surface area contributed by atoms with Crippen LogP contribution < -0.4 is 15.6 Å². The maximum absolute atomic E-state index is 11.3. The lowest BCUT2D eigenvalue weighted by Crippen LogP contribution is -2.29. The topological polar surface area (TPSA) is 132 Å². The lowest BCUT2D eigenvalue weighted by molar-refractivity contribution is 0.573. The first kappa shape index (κ1) is 15.8. The molecule has 5 N–H and O–H groups in total. The Morgan fingerprint density at radius 3 is 2.06 bits per heavy atom. The summed E-state index contributed by atoms with van der Waals surface area (Å²) in [7, 11) is -6.83. The largest absolute Gasteiger partial charge is 0.330 e. The van der Waals surface area contributed by atoms with Gasteiger partial charge in [0, 0.05) is 6.54 Å². The zero-order valence-electron chi connectivity index (χ0n) is 9.05. The molecule has 98 valence electrons. The van der Waals surface area contributed by atoms with Gasteiger partial charge in [0.15, 0.2) is 0 Å². The van der Waals surface area contributed by atoms with Crippen molar-refractivity contribution in [3.05, 3.63) is 0 Å². The SMILES string of the molecule is NCCCCS(=O)(=O)NCCCS(N)(=O)=O. The Labute approximate surface area is 96.7 Å². The number of sulfonamides is 2. The molecule has 7 nitrogen and oxygen atoms in total. The van der Waals surface area contributed by atoms with Crippen LogP contribution in [0.25, 0.3) is 0 Å². The molecule has 0 saturated carbocycles. The van der Waals surface area contributed by atoms with E-state index in [4.69, 9.17) is 10.9 Å². The van der Waals surface area contributed by atoms with Crippen LogP contribution in [0.15, 0.2) is 0 Å². The summed E-state index contributed by atoms with van der Waals surface area (Å²) >= 11 is 0. The fourth-order valence-electron chi connectivity index (χ4n) is 1.01. The molecule has 0 rings (SSSR count). The van der Waals surface area contributed by atoms with E-state index in [1.807, 2.05) is 0 Å². The van der Waals surface area contributed by atoms with Crippen molar-refractivity contribution in [2.75, 3.05) is 24.6 Å². The third kappa shape index (κ3) is 10.3.